The first kappa shape index (κ1) is 17.8. The summed E-state index contributed by atoms with van der Waals surface area (Å²) in [6.45, 7) is 5.22. The molecule has 4 heterocycles. The van der Waals surface area contributed by atoms with Crippen molar-refractivity contribution in [3.05, 3.63) is 61.5 Å². The van der Waals surface area contributed by atoms with Crippen LogP contribution in [0, 0.1) is 4.77 Å². The summed E-state index contributed by atoms with van der Waals surface area (Å²) in [7, 11) is 0. The van der Waals surface area contributed by atoms with Crippen LogP contribution in [-0.2, 0) is 24.3 Å². The van der Waals surface area contributed by atoms with Gasteiger partial charge in [-0.1, -0.05) is 37.3 Å². The lowest BCUT2D eigenvalue weighted by molar-refractivity contribution is -0.0543. The molecule has 28 heavy (non-hydrogen) atoms. The number of aromatic nitrogens is 4. The maximum atomic E-state index is 13.6. The van der Waals surface area contributed by atoms with Gasteiger partial charge in [0.1, 0.15) is 4.83 Å². The number of thiophene rings is 1. The highest BCUT2D eigenvalue weighted by atomic mass is 32.1. The lowest BCUT2D eigenvalue weighted by atomic mass is 9.90. The summed E-state index contributed by atoms with van der Waals surface area (Å²) < 4.78 is 10.2. The first-order valence-electron chi connectivity index (χ1n) is 9.33. The van der Waals surface area contributed by atoms with Gasteiger partial charge in [0, 0.05) is 11.3 Å². The highest BCUT2D eigenvalue weighted by Gasteiger charge is 2.33. The Hall–Kier alpha value is -2.29. The molecule has 0 saturated carbocycles. The molecule has 6 nitrogen and oxygen atoms in total. The molecular formula is C20H20N4O2S2. The van der Waals surface area contributed by atoms with Crippen LogP contribution in [-0.4, -0.2) is 24.8 Å². The van der Waals surface area contributed by atoms with E-state index >= 15 is 0 Å². The fourth-order valence-electron chi connectivity index (χ4n) is 3.86. The van der Waals surface area contributed by atoms with Crippen LogP contribution in [0.5, 0.6) is 0 Å². The summed E-state index contributed by atoms with van der Waals surface area (Å²) in [6, 6.07) is 9.95. The predicted molar refractivity (Wildman–Crippen MR) is 113 cm³/mol. The lowest BCUT2D eigenvalue weighted by Crippen LogP contribution is -2.34. The minimum atomic E-state index is -0.246. The van der Waals surface area contributed by atoms with Gasteiger partial charge in [-0.15, -0.1) is 16.4 Å². The Bertz CT molecular complexity index is 1320. The Kier molecular flexibility index (Phi) is 4.04. The molecule has 4 aromatic rings. The predicted octanol–water partition coefficient (Wildman–Crippen LogP) is 4.06. The number of rotatable bonds is 3. The third-order valence-corrected chi connectivity index (χ3v) is 7.13. The van der Waals surface area contributed by atoms with Gasteiger partial charge in [0.25, 0.3) is 5.56 Å². The average Bonchev–Trinajstić information content (AvgIpc) is 3.26. The van der Waals surface area contributed by atoms with Crippen LogP contribution in [0.1, 0.15) is 36.3 Å². The largest absolute Gasteiger partial charge is 0.369 e. The van der Waals surface area contributed by atoms with Gasteiger partial charge in [0.15, 0.2) is 0 Å². The molecule has 1 N–H and O–H groups in total. The van der Waals surface area contributed by atoms with Crippen LogP contribution < -0.4 is 5.56 Å². The van der Waals surface area contributed by atoms with Crippen molar-refractivity contribution < 1.29 is 4.74 Å². The summed E-state index contributed by atoms with van der Waals surface area (Å²) in [6.07, 6.45) is 1.63. The van der Waals surface area contributed by atoms with Crippen molar-refractivity contribution in [2.75, 3.05) is 0 Å². The number of ether oxygens (including phenoxy) is 1. The quantitative estimate of drug-likeness (QED) is 0.516. The van der Waals surface area contributed by atoms with E-state index in [2.05, 4.69) is 24.0 Å². The van der Waals surface area contributed by atoms with E-state index in [-0.39, 0.29) is 11.2 Å². The van der Waals surface area contributed by atoms with Crippen LogP contribution in [0.25, 0.3) is 16.0 Å². The number of benzene rings is 1. The van der Waals surface area contributed by atoms with Crippen molar-refractivity contribution in [1.82, 2.24) is 19.2 Å². The molecule has 1 unspecified atom stereocenters. The molecule has 1 aliphatic rings. The zero-order valence-electron chi connectivity index (χ0n) is 15.7. The minimum Gasteiger partial charge on any atom is -0.369 e. The van der Waals surface area contributed by atoms with Crippen LogP contribution >= 0.6 is 23.6 Å². The summed E-state index contributed by atoms with van der Waals surface area (Å²) in [4.78, 5) is 15.6. The average molecular weight is 413 g/mol. The summed E-state index contributed by atoms with van der Waals surface area (Å²) >= 11 is 7.08. The maximum absolute atomic E-state index is 13.6. The second kappa shape index (κ2) is 6.37. The number of hydrogen-bond acceptors (Lipinski definition) is 5. The number of H-pyrrole nitrogens is 1. The Labute approximate surface area is 170 Å². The normalized spacial score (nSPS) is 19.4. The number of nitrogens with one attached hydrogen (secondary N) is 1. The Morgan fingerprint density at radius 3 is 2.89 bits per heavy atom. The summed E-state index contributed by atoms with van der Waals surface area (Å²) in [5.41, 5.74) is 1.89. The number of aromatic amines is 1. The van der Waals surface area contributed by atoms with Crippen molar-refractivity contribution in [3.63, 3.8) is 0 Å². The van der Waals surface area contributed by atoms with Gasteiger partial charge in [-0.05, 0) is 36.7 Å². The van der Waals surface area contributed by atoms with E-state index in [0.717, 1.165) is 39.1 Å². The molecule has 8 heteroatoms. The number of fused-ring (bicyclic) bond motifs is 5. The van der Waals surface area contributed by atoms with Gasteiger partial charge in [0.05, 0.1) is 24.1 Å². The third kappa shape index (κ3) is 2.59. The molecule has 1 atom stereocenters. The van der Waals surface area contributed by atoms with Crippen molar-refractivity contribution in [2.24, 2.45) is 0 Å². The van der Waals surface area contributed by atoms with E-state index in [1.54, 1.807) is 15.9 Å². The van der Waals surface area contributed by atoms with Gasteiger partial charge in [-0.2, -0.15) is 0 Å². The molecule has 0 fully saturated rings. The Balaban J connectivity index is 1.83. The third-order valence-electron chi connectivity index (χ3n) is 5.66. The molecule has 1 aliphatic heterocycles. The molecular weight excluding hydrogens is 392 g/mol. The molecule has 0 radical (unpaired) electrons. The van der Waals surface area contributed by atoms with E-state index in [0.29, 0.717) is 23.7 Å². The van der Waals surface area contributed by atoms with Crippen LogP contribution in [0.3, 0.4) is 0 Å². The number of nitrogens with zero attached hydrogens (tertiary/aromatic N) is 3. The summed E-state index contributed by atoms with van der Waals surface area (Å²) in [5, 5.41) is 7.98. The maximum Gasteiger partial charge on any atom is 0.264 e. The van der Waals surface area contributed by atoms with E-state index in [1.165, 1.54) is 0 Å². The number of hydrogen-bond donors (Lipinski definition) is 1. The van der Waals surface area contributed by atoms with Gasteiger partial charge in [0.2, 0.25) is 10.5 Å². The Morgan fingerprint density at radius 2 is 2.14 bits per heavy atom. The molecule has 0 aliphatic carbocycles. The monoisotopic (exact) mass is 412 g/mol. The van der Waals surface area contributed by atoms with E-state index < -0.39 is 0 Å². The first-order valence-corrected chi connectivity index (χ1v) is 10.6. The zero-order chi connectivity index (χ0) is 19.5. The minimum absolute atomic E-state index is 0.0155. The molecule has 0 bridgehead atoms. The zero-order valence-corrected chi connectivity index (χ0v) is 17.3. The highest BCUT2D eigenvalue weighted by Crippen LogP contribution is 2.39. The van der Waals surface area contributed by atoms with Gasteiger partial charge in [-0.25, -0.2) is 9.50 Å². The van der Waals surface area contributed by atoms with Crippen molar-refractivity contribution in [2.45, 2.75) is 45.4 Å². The van der Waals surface area contributed by atoms with Crippen molar-refractivity contribution in [1.29, 1.82) is 0 Å². The lowest BCUT2D eigenvalue weighted by Gasteiger charge is -2.32. The van der Waals surface area contributed by atoms with Crippen molar-refractivity contribution in [3.8, 4) is 0 Å². The molecule has 0 saturated heterocycles. The van der Waals surface area contributed by atoms with Crippen LogP contribution in [0.15, 0.2) is 35.1 Å². The molecule has 5 rings (SSSR count). The molecule has 144 valence electrons. The van der Waals surface area contributed by atoms with E-state index in [4.69, 9.17) is 17.0 Å². The fraction of sp³-hybridized carbons (Fsp3) is 0.350. The SMILES string of the molecule is CCC1(C)Cc2c(sc3c2c(=O)n(Cc2ccccc2)c2n[nH]c(=S)n32)CO1. The smallest absolute Gasteiger partial charge is 0.264 e. The van der Waals surface area contributed by atoms with Crippen LogP contribution in [0.2, 0.25) is 0 Å². The highest BCUT2D eigenvalue weighted by molar-refractivity contribution is 7.71. The molecule has 3 aromatic heterocycles. The topological polar surface area (TPSA) is 64.3 Å². The molecule has 1 aromatic carbocycles. The summed E-state index contributed by atoms with van der Waals surface area (Å²) in [5.74, 6) is 0.545. The van der Waals surface area contributed by atoms with Gasteiger partial charge in [-0.3, -0.25) is 9.36 Å². The molecule has 0 amide bonds. The van der Waals surface area contributed by atoms with Gasteiger partial charge < -0.3 is 4.74 Å². The van der Waals surface area contributed by atoms with Gasteiger partial charge >= 0.3 is 0 Å². The standard InChI is InChI=1S/C20H20N4O2S2/c1-3-20(2)9-13-14(11-26-20)28-17-15(13)16(25)23(10-12-7-5-4-6-8-12)18-21-22-19(27)24(17)18/h4-8H,3,9-11H2,1-2H3,(H,22,27). The fourth-order valence-corrected chi connectivity index (χ4v) is 5.36. The Morgan fingerprint density at radius 1 is 1.36 bits per heavy atom. The second-order valence-electron chi connectivity index (χ2n) is 7.49. The van der Waals surface area contributed by atoms with E-state index in [1.807, 2.05) is 34.7 Å². The van der Waals surface area contributed by atoms with E-state index in [9.17, 15) is 4.79 Å². The van der Waals surface area contributed by atoms with Crippen LogP contribution in [0.4, 0.5) is 0 Å². The second-order valence-corrected chi connectivity index (χ2v) is 8.96. The van der Waals surface area contributed by atoms with Crippen molar-refractivity contribution >= 4 is 39.5 Å². The first-order chi connectivity index (χ1) is 13.5. The molecule has 0 spiro atoms.